The highest BCUT2D eigenvalue weighted by molar-refractivity contribution is 6.25. The summed E-state index contributed by atoms with van der Waals surface area (Å²) in [6.45, 7) is 4.68. The number of carbonyl (C=O) groups excluding carboxylic acids is 3. The van der Waals surface area contributed by atoms with Crippen LogP contribution in [0.4, 0.5) is 4.79 Å². The summed E-state index contributed by atoms with van der Waals surface area (Å²) < 4.78 is 11.0. The van der Waals surface area contributed by atoms with Crippen molar-refractivity contribution < 1.29 is 23.9 Å². The third-order valence-electron chi connectivity index (χ3n) is 5.98. The fourth-order valence-corrected chi connectivity index (χ4v) is 4.75. The summed E-state index contributed by atoms with van der Waals surface area (Å²) in [5.74, 6) is -1.03. The van der Waals surface area contributed by atoms with Crippen molar-refractivity contribution in [2.24, 2.45) is 11.7 Å². The Hall–Kier alpha value is -2.39. The van der Waals surface area contributed by atoms with Crippen molar-refractivity contribution in [3.8, 4) is 0 Å². The number of amides is 1. The average molecular weight is 376 g/mol. The number of Topliss-reactive ketones (excluding diaryl/α,β-unsaturated/α-hetero) is 2. The van der Waals surface area contributed by atoms with E-state index >= 15 is 0 Å². The minimum Gasteiger partial charge on any atom is -0.449 e. The van der Waals surface area contributed by atoms with E-state index in [1.54, 1.807) is 14.0 Å². The molecule has 3 heterocycles. The first kappa shape index (κ1) is 18.0. The molecular weight excluding hydrogens is 352 g/mol. The lowest BCUT2D eigenvalue weighted by atomic mass is 9.82. The van der Waals surface area contributed by atoms with Gasteiger partial charge in [-0.15, -0.1) is 0 Å². The Balaban J connectivity index is 1.79. The van der Waals surface area contributed by atoms with Crippen LogP contribution in [0.25, 0.3) is 0 Å². The molecule has 3 aliphatic heterocycles. The Labute approximate surface area is 156 Å². The molecule has 9 heteroatoms. The minimum atomic E-state index is -0.934. The monoisotopic (exact) mass is 376 g/mol. The largest absolute Gasteiger partial charge is 0.449 e. The number of ether oxygens (including phenoxy) is 2. The molecule has 27 heavy (non-hydrogen) atoms. The van der Waals surface area contributed by atoms with Gasteiger partial charge in [0.1, 0.15) is 6.61 Å². The molecule has 2 fully saturated rings. The fourth-order valence-electron chi connectivity index (χ4n) is 4.75. The molecule has 4 rings (SSSR count). The normalized spacial score (nSPS) is 33.9. The van der Waals surface area contributed by atoms with E-state index in [9.17, 15) is 14.4 Å². The predicted octanol–water partition coefficient (Wildman–Crippen LogP) is -0.610. The van der Waals surface area contributed by atoms with Gasteiger partial charge in [-0.3, -0.25) is 9.59 Å². The molecule has 0 aromatic heterocycles. The topological polar surface area (TPSA) is 133 Å². The fraction of sp³-hybridized carbons (Fsp3) is 0.611. The van der Waals surface area contributed by atoms with Crippen molar-refractivity contribution in [1.82, 2.24) is 15.5 Å². The van der Waals surface area contributed by atoms with Crippen LogP contribution in [-0.4, -0.2) is 67.2 Å². The van der Waals surface area contributed by atoms with Crippen LogP contribution in [0.3, 0.4) is 0 Å². The van der Waals surface area contributed by atoms with Gasteiger partial charge in [0, 0.05) is 37.4 Å². The summed E-state index contributed by atoms with van der Waals surface area (Å²) in [5.41, 5.74) is 5.67. The van der Waals surface area contributed by atoms with Crippen molar-refractivity contribution in [3.05, 3.63) is 22.5 Å². The number of nitrogens with one attached hydrogen (secondary N) is 2. The van der Waals surface area contributed by atoms with Gasteiger partial charge in [0.2, 0.25) is 11.6 Å². The molecule has 1 aliphatic carbocycles. The lowest BCUT2D eigenvalue weighted by molar-refractivity contribution is -0.137. The molecule has 0 aromatic carbocycles. The van der Waals surface area contributed by atoms with E-state index in [2.05, 4.69) is 10.6 Å². The summed E-state index contributed by atoms with van der Waals surface area (Å²) in [5, 5.41) is 6.41. The molecule has 9 nitrogen and oxygen atoms in total. The van der Waals surface area contributed by atoms with Gasteiger partial charge in [-0.25, -0.2) is 4.79 Å². The number of ketones is 2. The van der Waals surface area contributed by atoms with Gasteiger partial charge in [-0.05, 0) is 13.3 Å². The van der Waals surface area contributed by atoms with Gasteiger partial charge in [0.05, 0.1) is 23.4 Å². The zero-order valence-electron chi connectivity index (χ0n) is 15.6. The number of carbonyl (C=O) groups is 3. The number of methoxy groups -OCH3 is 1. The molecule has 4 atom stereocenters. The lowest BCUT2D eigenvalue weighted by Crippen LogP contribution is -2.55. The third kappa shape index (κ3) is 2.28. The number of allylic oxidation sites excluding steroid dienone is 2. The third-order valence-corrected chi connectivity index (χ3v) is 5.98. The van der Waals surface area contributed by atoms with Crippen LogP contribution in [0.15, 0.2) is 22.5 Å². The SMILES string of the molecule is CCCNC1=C(C)C(=O)C2=C(C1=O)[C@@H](COC(N)=O)[C@]1(OC)[C@H]3N[C@@H]3CN21. The zero-order valence-corrected chi connectivity index (χ0v) is 15.6. The first-order valence-corrected chi connectivity index (χ1v) is 9.17. The average Bonchev–Trinajstić information content (AvgIpc) is 3.24. The first-order valence-electron chi connectivity index (χ1n) is 9.17. The van der Waals surface area contributed by atoms with E-state index < -0.39 is 17.7 Å². The maximum absolute atomic E-state index is 13.3. The molecule has 146 valence electrons. The second-order valence-electron chi connectivity index (χ2n) is 7.35. The smallest absolute Gasteiger partial charge is 0.404 e. The number of nitrogens with zero attached hydrogens (tertiary/aromatic N) is 1. The Bertz CT molecular complexity index is 804. The number of fused-ring (bicyclic) bond motifs is 4. The standard InChI is InChI=1S/C18H24N4O5/c1-4-5-20-12-8(2)14(23)13-11(15(12)24)9(7-27-17(19)25)18(26-3)16-10(21-16)6-22(13)18/h9-10,16,20-21H,4-7H2,1-3H3,(H2,19,25)/t9-,10-,16+,18+/m1/s1. The molecule has 0 bridgehead atoms. The Morgan fingerprint density at radius 2 is 2.15 bits per heavy atom. The minimum absolute atomic E-state index is 0.0393. The number of hydrogen-bond acceptors (Lipinski definition) is 8. The summed E-state index contributed by atoms with van der Waals surface area (Å²) in [4.78, 5) is 39.6. The van der Waals surface area contributed by atoms with Crippen LogP contribution in [0, 0.1) is 5.92 Å². The number of primary amides is 1. The molecule has 0 saturated carbocycles. The van der Waals surface area contributed by atoms with E-state index in [0.29, 0.717) is 35.6 Å². The van der Waals surface area contributed by atoms with Crippen molar-refractivity contribution in [2.75, 3.05) is 26.8 Å². The Morgan fingerprint density at radius 3 is 2.78 bits per heavy atom. The molecule has 4 N–H and O–H groups in total. The van der Waals surface area contributed by atoms with Crippen molar-refractivity contribution in [3.63, 3.8) is 0 Å². The quantitative estimate of drug-likeness (QED) is 0.413. The highest BCUT2D eigenvalue weighted by Gasteiger charge is 2.72. The van der Waals surface area contributed by atoms with Crippen LogP contribution in [0.5, 0.6) is 0 Å². The van der Waals surface area contributed by atoms with E-state index in [-0.39, 0.29) is 30.3 Å². The summed E-state index contributed by atoms with van der Waals surface area (Å²) in [6.07, 6.45) is -0.106. The van der Waals surface area contributed by atoms with Gasteiger partial charge in [0.15, 0.2) is 5.72 Å². The Kier molecular flexibility index (Phi) is 4.04. The van der Waals surface area contributed by atoms with Gasteiger partial charge < -0.3 is 30.7 Å². The van der Waals surface area contributed by atoms with Gasteiger partial charge in [-0.2, -0.15) is 0 Å². The van der Waals surface area contributed by atoms with Gasteiger partial charge in [-0.1, -0.05) is 6.92 Å². The number of piperazine rings is 1. The summed E-state index contributed by atoms with van der Waals surface area (Å²) >= 11 is 0. The first-order chi connectivity index (χ1) is 12.9. The van der Waals surface area contributed by atoms with Crippen molar-refractivity contribution in [1.29, 1.82) is 0 Å². The van der Waals surface area contributed by atoms with E-state index in [1.165, 1.54) is 0 Å². The van der Waals surface area contributed by atoms with Crippen LogP contribution < -0.4 is 16.4 Å². The Morgan fingerprint density at radius 1 is 1.41 bits per heavy atom. The highest BCUT2D eigenvalue weighted by Crippen LogP contribution is 2.55. The molecular formula is C18H24N4O5. The molecule has 4 aliphatic rings. The highest BCUT2D eigenvalue weighted by atomic mass is 16.6. The number of hydrogen-bond donors (Lipinski definition) is 3. The van der Waals surface area contributed by atoms with Crippen molar-refractivity contribution >= 4 is 17.7 Å². The molecule has 0 radical (unpaired) electrons. The molecule has 0 aromatic rings. The molecule has 1 amide bonds. The van der Waals surface area contributed by atoms with Crippen LogP contribution in [-0.2, 0) is 19.1 Å². The van der Waals surface area contributed by atoms with Gasteiger partial charge >= 0.3 is 6.09 Å². The van der Waals surface area contributed by atoms with Crippen LogP contribution in [0.1, 0.15) is 20.3 Å². The van der Waals surface area contributed by atoms with Gasteiger partial charge in [0.25, 0.3) is 0 Å². The van der Waals surface area contributed by atoms with Crippen LogP contribution >= 0.6 is 0 Å². The molecule has 0 unspecified atom stereocenters. The van der Waals surface area contributed by atoms with E-state index in [0.717, 1.165) is 6.42 Å². The number of rotatable bonds is 6. The summed E-state index contributed by atoms with van der Waals surface area (Å²) in [6, 6.07) is 0.143. The van der Waals surface area contributed by atoms with Crippen LogP contribution in [0.2, 0.25) is 0 Å². The second kappa shape index (κ2) is 6.07. The molecule has 2 saturated heterocycles. The lowest BCUT2D eigenvalue weighted by Gasteiger charge is -2.39. The summed E-state index contributed by atoms with van der Waals surface area (Å²) in [7, 11) is 1.55. The zero-order chi connectivity index (χ0) is 19.5. The molecule has 0 spiro atoms. The maximum atomic E-state index is 13.3. The van der Waals surface area contributed by atoms with E-state index in [1.807, 2.05) is 11.8 Å². The number of nitrogens with two attached hydrogens (primary N) is 1. The predicted molar refractivity (Wildman–Crippen MR) is 94.2 cm³/mol. The van der Waals surface area contributed by atoms with E-state index in [4.69, 9.17) is 15.2 Å². The maximum Gasteiger partial charge on any atom is 0.404 e. The second-order valence-corrected chi connectivity index (χ2v) is 7.35. The van der Waals surface area contributed by atoms with Crippen molar-refractivity contribution in [2.45, 2.75) is 38.1 Å².